The molecule has 0 atom stereocenters. The molecule has 9 rings (SSSR count). The molecule has 0 aliphatic carbocycles. The van der Waals surface area contributed by atoms with Gasteiger partial charge in [-0.15, -0.1) is 0 Å². The Labute approximate surface area is 280 Å². The van der Waals surface area contributed by atoms with Crippen LogP contribution < -0.4 is 10.2 Å². The topological polar surface area (TPSA) is 15.3 Å². The molecule has 0 radical (unpaired) electrons. The first kappa shape index (κ1) is 27.9. The molecule has 0 heterocycles. The lowest BCUT2D eigenvalue weighted by atomic mass is 9.87. The summed E-state index contributed by atoms with van der Waals surface area (Å²) in [4.78, 5) is 2.31. The maximum absolute atomic E-state index is 3.51. The first-order valence-corrected chi connectivity index (χ1v) is 16.4. The Morgan fingerprint density at radius 3 is 1.21 bits per heavy atom. The summed E-state index contributed by atoms with van der Waals surface area (Å²) in [6.45, 7) is 0. The van der Waals surface area contributed by atoms with E-state index >= 15 is 0 Å². The fourth-order valence-electron chi connectivity index (χ4n) is 7.12. The molecule has 0 aliphatic heterocycles. The lowest BCUT2D eigenvalue weighted by Gasteiger charge is -2.25. The largest absolute Gasteiger partial charge is 0.356 e. The molecular formula is C46H32N2. The predicted molar refractivity (Wildman–Crippen MR) is 205 cm³/mol. The van der Waals surface area contributed by atoms with Gasteiger partial charge in [0.2, 0.25) is 0 Å². The van der Waals surface area contributed by atoms with Crippen LogP contribution in [-0.2, 0) is 0 Å². The van der Waals surface area contributed by atoms with Crippen LogP contribution in [0.5, 0.6) is 0 Å². The van der Waals surface area contributed by atoms with Gasteiger partial charge in [0.05, 0.1) is 0 Å². The second-order valence-corrected chi connectivity index (χ2v) is 12.3. The van der Waals surface area contributed by atoms with Crippen LogP contribution in [0.3, 0.4) is 0 Å². The van der Waals surface area contributed by atoms with E-state index in [1.165, 1.54) is 54.6 Å². The molecule has 9 aromatic rings. The van der Waals surface area contributed by atoms with Crippen molar-refractivity contribution < 1.29 is 0 Å². The molecule has 0 fully saturated rings. The van der Waals surface area contributed by atoms with Crippen molar-refractivity contribution in [2.45, 2.75) is 0 Å². The van der Waals surface area contributed by atoms with Gasteiger partial charge in [-0.3, -0.25) is 0 Å². The Hall–Kier alpha value is -6.38. The quantitative estimate of drug-likeness (QED) is 0.180. The summed E-state index contributed by atoms with van der Waals surface area (Å²) < 4.78 is 0. The van der Waals surface area contributed by atoms with Crippen LogP contribution in [0, 0.1) is 0 Å². The zero-order chi connectivity index (χ0) is 31.9. The van der Waals surface area contributed by atoms with E-state index in [-0.39, 0.29) is 0 Å². The van der Waals surface area contributed by atoms with E-state index in [4.69, 9.17) is 0 Å². The number of hydrogen-bond donors (Lipinski definition) is 1. The van der Waals surface area contributed by atoms with Crippen molar-refractivity contribution in [1.82, 2.24) is 0 Å². The van der Waals surface area contributed by atoms with Gasteiger partial charge < -0.3 is 10.2 Å². The monoisotopic (exact) mass is 612 g/mol. The van der Waals surface area contributed by atoms with Gasteiger partial charge in [-0.05, 0) is 115 Å². The van der Waals surface area contributed by atoms with Gasteiger partial charge in [0.1, 0.15) is 0 Å². The second-order valence-electron chi connectivity index (χ2n) is 12.3. The van der Waals surface area contributed by atoms with E-state index in [0.717, 1.165) is 28.4 Å². The number of hydrogen-bond acceptors (Lipinski definition) is 2. The molecule has 9 aromatic carbocycles. The average Bonchev–Trinajstić information content (AvgIpc) is 3.16. The minimum Gasteiger partial charge on any atom is -0.356 e. The minimum atomic E-state index is 1.08. The number of benzene rings is 9. The van der Waals surface area contributed by atoms with Crippen molar-refractivity contribution in [2.75, 3.05) is 10.2 Å². The van der Waals surface area contributed by atoms with Gasteiger partial charge in [-0.2, -0.15) is 0 Å². The second kappa shape index (κ2) is 11.8. The van der Waals surface area contributed by atoms with E-state index in [2.05, 4.69) is 180 Å². The third-order valence-electron chi connectivity index (χ3n) is 9.39. The Kier molecular flexibility index (Phi) is 6.84. The summed E-state index contributed by atoms with van der Waals surface area (Å²) in [7, 11) is 0. The molecule has 226 valence electrons. The third-order valence-corrected chi connectivity index (χ3v) is 9.39. The van der Waals surface area contributed by atoms with Gasteiger partial charge in [0.15, 0.2) is 0 Å². The van der Waals surface area contributed by atoms with E-state index in [0.29, 0.717) is 0 Å². The highest BCUT2D eigenvalue weighted by atomic mass is 15.1. The summed E-state index contributed by atoms with van der Waals surface area (Å²) in [5.41, 5.74) is 10.5. The summed E-state index contributed by atoms with van der Waals surface area (Å²) in [6.07, 6.45) is 0. The summed E-state index contributed by atoms with van der Waals surface area (Å²) in [6, 6.07) is 67.5. The molecule has 0 unspecified atom stereocenters. The van der Waals surface area contributed by atoms with Crippen LogP contribution >= 0.6 is 0 Å². The average molecular weight is 613 g/mol. The van der Waals surface area contributed by atoms with E-state index in [9.17, 15) is 0 Å². The molecule has 0 aliphatic rings. The molecule has 2 heteroatoms. The highest BCUT2D eigenvalue weighted by Gasteiger charge is 2.16. The van der Waals surface area contributed by atoms with Crippen molar-refractivity contribution >= 4 is 60.8 Å². The lowest BCUT2D eigenvalue weighted by molar-refractivity contribution is 1.28. The molecular weight excluding hydrogens is 581 g/mol. The number of nitrogens with zero attached hydrogens (tertiary/aromatic N) is 1. The van der Waals surface area contributed by atoms with Gasteiger partial charge in [-0.1, -0.05) is 127 Å². The van der Waals surface area contributed by atoms with Crippen molar-refractivity contribution in [3.05, 3.63) is 188 Å². The van der Waals surface area contributed by atoms with Crippen LogP contribution in [0.15, 0.2) is 188 Å². The van der Waals surface area contributed by atoms with E-state index in [1.807, 2.05) is 18.2 Å². The van der Waals surface area contributed by atoms with Crippen molar-refractivity contribution in [3.63, 3.8) is 0 Å². The fourth-order valence-corrected chi connectivity index (χ4v) is 7.12. The fraction of sp³-hybridized carbons (Fsp3) is 0. The summed E-state index contributed by atoms with van der Waals surface area (Å²) >= 11 is 0. The number of rotatable bonds is 7. The molecule has 0 amide bonds. The Balaban J connectivity index is 1.12. The zero-order valence-electron chi connectivity index (χ0n) is 26.3. The van der Waals surface area contributed by atoms with Crippen molar-refractivity contribution in [3.8, 4) is 22.3 Å². The smallest absolute Gasteiger partial charge is 0.0462 e. The first-order chi connectivity index (χ1) is 23.8. The van der Waals surface area contributed by atoms with E-state index in [1.54, 1.807) is 0 Å². The van der Waals surface area contributed by atoms with Gasteiger partial charge in [0.25, 0.3) is 0 Å². The van der Waals surface area contributed by atoms with Gasteiger partial charge >= 0.3 is 0 Å². The Morgan fingerprint density at radius 2 is 0.708 bits per heavy atom. The molecule has 0 saturated carbocycles. The molecule has 0 spiro atoms. The van der Waals surface area contributed by atoms with Crippen LogP contribution in [0.2, 0.25) is 0 Å². The van der Waals surface area contributed by atoms with Crippen molar-refractivity contribution in [2.24, 2.45) is 0 Å². The van der Waals surface area contributed by atoms with Crippen LogP contribution in [0.25, 0.3) is 54.6 Å². The lowest BCUT2D eigenvalue weighted by Crippen LogP contribution is -2.09. The zero-order valence-corrected chi connectivity index (χ0v) is 26.3. The Morgan fingerprint density at radius 1 is 0.312 bits per heavy atom. The maximum Gasteiger partial charge on any atom is 0.0462 e. The minimum absolute atomic E-state index is 1.08. The molecule has 48 heavy (non-hydrogen) atoms. The Bertz CT molecular complexity index is 2450. The molecule has 0 aromatic heterocycles. The number of anilines is 5. The van der Waals surface area contributed by atoms with Gasteiger partial charge in [0, 0.05) is 28.4 Å². The van der Waals surface area contributed by atoms with Crippen LogP contribution in [0.1, 0.15) is 0 Å². The first-order valence-electron chi connectivity index (χ1n) is 16.4. The van der Waals surface area contributed by atoms with Crippen molar-refractivity contribution in [1.29, 1.82) is 0 Å². The van der Waals surface area contributed by atoms with Gasteiger partial charge in [-0.25, -0.2) is 0 Å². The standard InChI is InChI=1S/C46H32N2/c1-4-10-36(11-5-1)47-37-24-16-32(17-25-37)41-28-20-34-23-31-44-42(29-21-35-22-30-43(41)45(34)46(35)44)33-18-26-40(27-19-33)48(38-12-6-2-7-13-38)39-14-8-3-9-15-39/h1-31,47H. The summed E-state index contributed by atoms with van der Waals surface area (Å²) in [5, 5.41) is 11.2. The third kappa shape index (κ3) is 4.92. The molecule has 0 bridgehead atoms. The number of para-hydroxylation sites is 3. The van der Waals surface area contributed by atoms with Crippen LogP contribution in [-0.4, -0.2) is 0 Å². The normalized spacial score (nSPS) is 11.3. The van der Waals surface area contributed by atoms with Crippen LogP contribution in [0.4, 0.5) is 28.4 Å². The molecule has 2 nitrogen and oxygen atoms in total. The molecule has 1 N–H and O–H groups in total. The highest BCUT2D eigenvalue weighted by Crippen LogP contribution is 2.43. The van der Waals surface area contributed by atoms with E-state index < -0.39 is 0 Å². The number of nitrogens with one attached hydrogen (secondary N) is 1. The highest BCUT2D eigenvalue weighted by molar-refractivity contribution is 6.27. The SMILES string of the molecule is c1ccc(Nc2ccc(-c3ccc4ccc5c(-c6ccc(N(c7ccccc7)c7ccccc7)cc6)ccc6ccc3c4c65)cc2)cc1. The maximum atomic E-state index is 3.51. The predicted octanol–water partition coefficient (Wildman–Crippen LogP) is 13.1. The molecule has 0 saturated heterocycles. The summed E-state index contributed by atoms with van der Waals surface area (Å²) in [5.74, 6) is 0.